The number of nitrogens with one attached hydrogen (secondary N) is 2. The normalized spacial score (nSPS) is 10.2. The van der Waals surface area contributed by atoms with Crippen LogP contribution in [0.1, 0.15) is 17.5 Å². The fourth-order valence-electron chi connectivity index (χ4n) is 1.65. The molecular formula is C14H18N4O3. The largest absolute Gasteiger partial charge is 0.493 e. The molecule has 0 atom stereocenters. The minimum atomic E-state index is -0.211. The van der Waals surface area contributed by atoms with Gasteiger partial charge in [0.15, 0.2) is 0 Å². The lowest BCUT2D eigenvalue weighted by Gasteiger charge is -2.08. The number of ether oxygens (including phenoxy) is 2. The minimum Gasteiger partial charge on any atom is -0.493 e. The van der Waals surface area contributed by atoms with Crippen molar-refractivity contribution in [2.45, 2.75) is 20.3 Å². The second-order valence-corrected chi connectivity index (χ2v) is 4.56. The van der Waals surface area contributed by atoms with Crippen LogP contribution >= 0.6 is 0 Å². The first-order chi connectivity index (χ1) is 10.1. The third-order valence-corrected chi connectivity index (χ3v) is 2.98. The first-order valence-electron chi connectivity index (χ1n) is 6.55. The quantitative estimate of drug-likeness (QED) is 0.847. The van der Waals surface area contributed by atoms with E-state index in [9.17, 15) is 4.79 Å². The van der Waals surface area contributed by atoms with Crippen LogP contribution in [0.15, 0.2) is 18.2 Å². The van der Waals surface area contributed by atoms with Crippen LogP contribution in [-0.2, 0) is 4.79 Å². The Balaban J connectivity index is 1.77. The molecule has 21 heavy (non-hydrogen) atoms. The molecule has 2 rings (SSSR count). The Kier molecular flexibility index (Phi) is 4.76. The number of aryl methyl sites for hydroxylation is 2. The summed E-state index contributed by atoms with van der Waals surface area (Å²) >= 11 is 0. The summed E-state index contributed by atoms with van der Waals surface area (Å²) in [5.74, 6) is 0.799. The number of rotatable bonds is 6. The van der Waals surface area contributed by atoms with Gasteiger partial charge < -0.3 is 9.47 Å². The maximum Gasteiger partial charge on any atom is 0.336 e. The zero-order valence-electron chi connectivity index (χ0n) is 12.3. The van der Waals surface area contributed by atoms with E-state index in [0.717, 1.165) is 11.3 Å². The molecule has 0 aliphatic heterocycles. The predicted molar refractivity (Wildman–Crippen MR) is 77.6 cm³/mol. The van der Waals surface area contributed by atoms with Crippen LogP contribution in [0.2, 0.25) is 0 Å². The Bertz CT molecular complexity index is 624. The summed E-state index contributed by atoms with van der Waals surface area (Å²) in [4.78, 5) is 15.6. The van der Waals surface area contributed by atoms with Gasteiger partial charge in [-0.1, -0.05) is 6.07 Å². The van der Waals surface area contributed by atoms with Gasteiger partial charge in [0.1, 0.15) is 5.75 Å². The summed E-state index contributed by atoms with van der Waals surface area (Å²) in [6, 6.07) is 6.01. The van der Waals surface area contributed by atoms with Gasteiger partial charge >= 0.3 is 6.01 Å². The van der Waals surface area contributed by atoms with Crippen molar-refractivity contribution in [1.82, 2.24) is 15.2 Å². The lowest BCUT2D eigenvalue weighted by Crippen LogP contribution is -2.16. The zero-order chi connectivity index (χ0) is 15.2. The van der Waals surface area contributed by atoms with Crippen LogP contribution in [0, 0.1) is 13.8 Å². The summed E-state index contributed by atoms with van der Waals surface area (Å²) in [5, 5.41) is 8.86. The number of benzene rings is 1. The molecule has 2 aromatic rings. The van der Waals surface area contributed by atoms with Crippen LogP contribution in [0.25, 0.3) is 0 Å². The van der Waals surface area contributed by atoms with Crippen LogP contribution in [-0.4, -0.2) is 34.8 Å². The molecule has 7 heteroatoms. The average Bonchev–Trinajstić information content (AvgIpc) is 2.90. The Morgan fingerprint density at radius 1 is 1.33 bits per heavy atom. The molecule has 0 aliphatic carbocycles. The average molecular weight is 290 g/mol. The molecule has 112 valence electrons. The van der Waals surface area contributed by atoms with E-state index in [4.69, 9.17) is 9.47 Å². The fourth-order valence-corrected chi connectivity index (χ4v) is 1.65. The molecule has 0 saturated heterocycles. The number of hydrogen-bond acceptors (Lipinski definition) is 5. The highest BCUT2D eigenvalue weighted by atomic mass is 16.5. The van der Waals surface area contributed by atoms with Gasteiger partial charge in [-0.2, -0.15) is 4.98 Å². The highest BCUT2D eigenvalue weighted by Crippen LogP contribution is 2.16. The van der Waals surface area contributed by atoms with E-state index in [1.54, 1.807) is 0 Å². The Morgan fingerprint density at radius 2 is 2.14 bits per heavy atom. The van der Waals surface area contributed by atoms with E-state index in [0.29, 0.717) is 6.61 Å². The van der Waals surface area contributed by atoms with Crippen molar-refractivity contribution < 1.29 is 14.3 Å². The molecule has 2 N–H and O–H groups in total. The summed E-state index contributed by atoms with van der Waals surface area (Å²) < 4.78 is 10.4. The minimum absolute atomic E-state index is 0.177. The third kappa shape index (κ3) is 4.20. The van der Waals surface area contributed by atoms with Crippen LogP contribution < -0.4 is 14.8 Å². The summed E-state index contributed by atoms with van der Waals surface area (Å²) in [6.45, 7) is 4.35. The molecule has 0 radical (unpaired) electrons. The van der Waals surface area contributed by atoms with E-state index in [-0.39, 0.29) is 24.3 Å². The van der Waals surface area contributed by atoms with Crippen molar-refractivity contribution in [2.75, 3.05) is 19.0 Å². The monoisotopic (exact) mass is 290 g/mol. The number of hydrogen-bond donors (Lipinski definition) is 2. The number of amides is 1. The molecule has 1 aromatic heterocycles. The maximum atomic E-state index is 11.7. The smallest absolute Gasteiger partial charge is 0.336 e. The third-order valence-electron chi connectivity index (χ3n) is 2.98. The van der Waals surface area contributed by atoms with Crippen LogP contribution in [0.3, 0.4) is 0 Å². The summed E-state index contributed by atoms with van der Waals surface area (Å²) in [5.41, 5.74) is 2.37. The lowest BCUT2D eigenvalue weighted by atomic mass is 10.1. The second kappa shape index (κ2) is 6.74. The first-order valence-corrected chi connectivity index (χ1v) is 6.55. The van der Waals surface area contributed by atoms with Crippen LogP contribution in [0.4, 0.5) is 5.95 Å². The molecule has 0 saturated carbocycles. The molecule has 7 nitrogen and oxygen atoms in total. The Hall–Kier alpha value is -2.57. The fraction of sp³-hybridized carbons (Fsp3) is 0.357. The molecule has 0 aliphatic rings. The van der Waals surface area contributed by atoms with Crippen LogP contribution in [0.5, 0.6) is 11.8 Å². The molecule has 0 bridgehead atoms. The number of anilines is 1. The van der Waals surface area contributed by atoms with Crippen molar-refractivity contribution in [2.24, 2.45) is 0 Å². The predicted octanol–water partition coefficient (Wildman–Crippen LogP) is 1.84. The van der Waals surface area contributed by atoms with E-state index < -0.39 is 0 Å². The number of aromatic nitrogens is 3. The van der Waals surface area contributed by atoms with Crippen molar-refractivity contribution in [3.8, 4) is 11.8 Å². The van der Waals surface area contributed by atoms with Crippen molar-refractivity contribution in [3.63, 3.8) is 0 Å². The highest BCUT2D eigenvalue weighted by Gasteiger charge is 2.07. The Labute approximate surface area is 122 Å². The molecule has 1 aromatic carbocycles. The highest BCUT2D eigenvalue weighted by molar-refractivity contribution is 5.88. The molecule has 0 unspecified atom stereocenters. The van der Waals surface area contributed by atoms with Gasteiger partial charge in [0.25, 0.3) is 0 Å². The van der Waals surface area contributed by atoms with E-state index in [1.165, 1.54) is 12.7 Å². The SMILES string of the molecule is COc1n[nH]c(NC(=O)CCOc2ccc(C)c(C)c2)n1. The first kappa shape index (κ1) is 14.8. The second-order valence-electron chi connectivity index (χ2n) is 4.56. The topological polar surface area (TPSA) is 89.1 Å². The van der Waals surface area contributed by atoms with E-state index in [2.05, 4.69) is 20.5 Å². The molecule has 0 fully saturated rings. The molecule has 0 spiro atoms. The van der Waals surface area contributed by atoms with Crippen molar-refractivity contribution in [3.05, 3.63) is 29.3 Å². The summed E-state index contributed by atoms with van der Waals surface area (Å²) in [7, 11) is 1.45. The van der Waals surface area contributed by atoms with Crippen molar-refractivity contribution in [1.29, 1.82) is 0 Å². The number of carbonyl (C=O) groups is 1. The molecule has 1 heterocycles. The summed E-state index contributed by atoms with van der Waals surface area (Å²) in [6.07, 6.45) is 0.218. The number of methoxy groups -OCH3 is 1. The lowest BCUT2D eigenvalue weighted by molar-refractivity contribution is -0.116. The van der Waals surface area contributed by atoms with Gasteiger partial charge in [-0.25, -0.2) is 5.10 Å². The van der Waals surface area contributed by atoms with E-state index >= 15 is 0 Å². The number of aromatic amines is 1. The molecule has 1 amide bonds. The number of carbonyl (C=O) groups excluding carboxylic acids is 1. The van der Waals surface area contributed by atoms with Gasteiger partial charge in [0.2, 0.25) is 11.9 Å². The number of H-pyrrole nitrogens is 1. The van der Waals surface area contributed by atoms with Gasteiger partial charge in [-0.3, -0.25) is 10.1 Å². The standard InChI is InChI=1S/C14H18N4O3/c1-9-4-5-11(8-10(9)2)21-7-6-12(19)15-13-16-14(20-3)18-17-13/h4-5,8H,6-7H2,1-3H3,(H2,15,16,17,18,19). The van der Waals surface area contributed by atoms with Gasteiger partial charge in [0, 0.05) is 0 Å². The molecular weight excluding hydrogens is 272 g/mol. The van der Waals surface area contributed by atoms with Crippen molar-refractivity contribution >= 4 is 11.9 Å². The van der Waals surface area contributed by atoms with Gasteiger partial charge in [-0.15, -0.1) is 5.10 Å². The van der Waals surface area contributed by atoms with Gasteiger partial charge in [-0.05, 0) is 37.1 Å². The Morgan fingerprint density at radius 3 is 2.81 bits per heavy atom. The van der Waals surface area contributed by atoms with E-state index in [1.807, 2.05) is 32.0 Å². The zero-order valence-corrected chi connectivity index (χ0v) is 12.3. The van der Waals surface area contributed by atoms with Gasteiger partial charge in [0.05, 0.1) is 20.1 Å². The maximum absolute atomic E-state index is 11.7. The number of nitrogens with zero attached hydrogens (tertiary/aromatic N) is 2.